The van der Waals surface area contributed by atoms with Crippen LogP contribution < -0.4 is 20.7 Å². The highest BCUT2D eigenvalue weighted by molar-refractivity contribution is 7.19. The van der Waals surface area contributed by atoms with E-state index >= 15 is 0 Å². The summed E-state index contributed by atoms with van der Waals surface area (Å²) in [6.45, 7) is 0. The molecule has 0 aliphatic rings. The molecule has 0 amide bonds. The molecule has 48 heavy (non-hydrogen) atoms. The quantitative estimate of drug-likeness (QED) is 0.141. The van der Waals surface area contributed by atoms with Gasteiger partial charge in [0.2, 0.25) is 0 Å². The average molecular weight is 628 g/mol. The largest absolute Gasteiger partial charge is 0.308 e. The zero-order valence-electron chi connectivity index (χ0n) is 26.1. The van der Waals surface area contributed by atoms with E-state index in [4.69, 9.17) is 0 Å². The van der Waals surface area contributed by atoms with E-state index in [9.17, 15) is 10.5 Å². The van der Waals surface area contributed by atoms with Crippen LogP contribution in [0, 0.1) is 22.7 Å². The Morgan fingerprint density at radius 2 is 0.854 bits per heavy atom. The summed E-state index contributed by atoms with van der Waals surface area (Å²) >= 11 is 0. The molecule has 0 bridgehead atoms. The fourth-order valence-electron chi connectivity index (χ4n) is 7.33. The number of rotatable bonds is 6. The minimum Gasteiger partial charge on any atom is -0.308 e. The van der Waals surface area contributed by atoms with Crippen molar-refractivity contribution in [3.8, 4) is 29.0 Å². The number of benzene rings is 7. The van der Waals surface area contributed by atoms with Crippen molar-refractivity contribution < 1.29 is 0 Å². The average Bonchev–Trinajstić information content (AvgIpc) is 3.50. The minimum atomic E-state index is -2.67. The molecular weight excluding hydrogens is 599 g/mol. The van der Waals surface area contributed by atoms with Crippen molar-refractivity contribution >= 4 is 50.6 Å². The minimum absolute atomic E-state index is 0.359. The van der Waals surface area contributed by atoms with Crippen LogP contribution >= 0.6 is 0 Å². The lowest BCUT2D eigenvalue weighted by atomic mass is 9.98. The van der Waals surface area contributed by atoms with E-state index in [0.717, 1.165) is 32.9 Å². The third-order valence-corrected chi connectivity index (χ3v) is 14.2. The molecule has 1 heterocycles. The van der Waals surface area contributed by atoms with Gasteiger partial charge in [-0.1, -0.05) is 152 Å². The molecule has 224 valence electrons. The molecule has 1 aromatic heterocycles. The van der Waals surface area contributed by atoms with Crippen molar-refractivity contribution in [2.45, 2.75) is 0 Å². The number of hydrogen-bond donors (Lipinski definition) is 0. The first kappa shape index (κ1) is 29.0. The van der Waals surface area contributed by atoms with Crippen molar-refractivity contribution in [3.05, 3.63) is 187 Å². The summed E-state index contributed by atoms with van der Waals surface area (Å²) in [4.78, 5) is 0. The van der Waals surface area contributed by atoms with Gasteiger partial charge in [-0.25, -0.2) is 0 Å². The van der Waals surface area contributed by atoms with Crippen LogP contribution in [0.1, 0.15) is 11.1 Å². The predicted molar refractivity (Wildman–Crippen MR) is 199 cm³/mol. The molecule has 0 saturated carbocycles. The molecule has 8 aromatic rings. The summed E-state index contributed by atoms with van der Waals surface area (Å²) in [5.41, 5.74) is 5.30. The van der Waals surface area contributed by atoms with Gasteiger partial charge in [-0.15, -0.1) is 0 Å². The summed E-state index contributed by atoms with van der Waals surface area (Å²) in [6.07, 6.45) is 0. The number of aromatic nitrogens is 1. The fourth-order valence-corrected chi connectivity index (χ4v) is 12.1. The Morgan fingerprint density at radius 3 is 1.31 bits per heavy atom. The molecule has 0 aliphatic carbocycles. The maximum Gasteiger partial charge on any atom is 0.179 e. The first-order valence-electron chi connectivity index (χ1n) is 16.0. The Labute approximate surface area is 280 Å². The Hall–Kier alpha value is -6.46. The van der Waals surface area contributed by atoms with Crippen molar-refractivity contribution in [2.24, 2.45) is 0 Å². The SMILES string of the molecule is N#Cc1cc(-c2ccc([Si](c3ccccc3)(c3ccccc3)c3ccccc3)cc2)cc(-n2c3ccccc3c3ccccc32)c1C#N. The predicted octanol–water partition coefficient (Wildman–Crippen LogP) is 7.57. The zero-order valence-corrected chi connectivity index (χ0v) is 27.1. The van der Waals surface area contributed by atoms with Crippen molar-refractivity contribution in [3.63, 3.8) is 0 Å². The number of hydrogen-bond acceptors (Lipinski definition) is 2. The van der Waals surface area contributed by atoms with Gasteiger partial charge in [0, 0.05) is 10.8 Å². The molecule has 0 N–H and O–H groups in total. The molecule has 0 spiro atoms. The monoisotopic (exact) mass is 627 g/mol. The van der Waals surface area contributed by atoms with Gasteiger partial charge in [0.1, 0.15) is 12.1 Å². The molecule has 4 heteroatoms. The second-order valence-electron chi connectivity index (χ2n) is 11.9. The van der Waals surface area contributed by atoms with Crippen molar-refractivity contribution in [1.82, 2.24) is 4.57 Å². The third-order valence-electron chi connectivity index (χ3n) is 9.44. The molecule has 0 aliphatic heterocycles. The van der Waals surface area contributed by atoms with Gasteiger partial charge in [-0.3, -0.25) is 0 Å². The molecule has 7 aromatic carbocycles. The van der Waals surface area contributed by atoms with E-state index in [1.807, 2.05) is 30.3 Å². The van der Waals surface area contributed by atoms with E-state index in [2.05, 4.69) is 162 Å². The molecule has 8 rings (SSSR count). The molecular formula is C44H29N3Si. The Balaban J connectivity index is 1.35. The number of nitrogens with zero attached hydrogens (tertiary/aromatic N) is 3. The summed E-state index contributed by atoms with van der Waals surface area (Å²) in [6, 6.07) is 66.5. The highest BCUT2D eigenvalue weighted by atomic mass is 28.3. The van der Waals surface area contributed by atoms with E-state index in [0.29, 0.717) is 16.8 Å². The first-order valence-corrected chi connectivity index (χ1v) is 18.0. The third kappa shape index (κ3) is 4.55. The van der Waals surface area contributed by atoms with E-state index < -0.39 is 8.07 Å². The second kappa shape index (κ2) is 12.0. The van der Waals surface area contributed by atoms with Gasteiger partial charge in [0.05, 0.1) is 27.8 Å². The van der Waals surface area contributed by atoms with Gasteiger partial charge >= 0.3 is 0 Å². The van der Waals surface area contributed by atoms with Crippen LogP contribution in [0.4, 0.5) is 0 Å². The topological polar surface area (TPSA) is 52.5 Å². The highest BCUT2D eigenvalue weighted by Crippen LogP contribution is 2.35. The Morgan fingerprint density at radius 1 is 0.417 bits per heavy atom. The number of nitriles is 2. The molecule has 0 radical (unpaired) electrons. The Bertz CT molecular complexity index is 2350. The van der Waals surface area contributed by atoms with Gasteiger partial charge in [-0.2, -0.15) is 10.5 Å². The smallest absolute Gasteiger partial charge is 0.179 e. The Kier molecular flexibility index (Phi) is 7.27. The number of para-hydroxylation sites is 2. The number of fused-ring (bicyclic) bond motifs is 3. The molecule has 0 atom stereocenters. The van der Waals surface area contributed by atoms with Gasteiger partial charge in [0.15, 0.2) is 8.07 Å². The lowest BCUT2D eigenvalue weighted by Crippen LogP contribution is -2.74. The van der Waals surface area contributed by atoms with E-state index in [1.54, 1.807) is 0 Å². The lowest BCUT2D eigenvalue weighted by molar-refractivity contribution is 1.16. The highest BCUT2D eigenvalue weighted by Gasteiger charge is 2.41. The maximum absolute atomic E-state index is 10.4. The van der Waals surface area contributed by atoms with Gasteiger partial charge < -0.3 is 4.57 Å². The molecule has 3 nitrogen and oxygen atoms in total. The molecule has 0 saturated heterocycles. The van der Waals surface area contributed by atoms with Crippen LogP contribution in [-0.4, -0.2) is 12.6 Å². The fraction of sp³-hybridized carbons (Fsp3) is 0. The van der Waals surface area contributed by atoms with Crippen molar-refractivity contribution in [2.75, 3.05) is 0 Å². The summed E-state index contributed by atoms with van der Waals surface area (Å²) < 4.78 is 2.13. The van der Waals surface area contributed by atoms with Crippen LogP contribution in [0.2, 0.25) is 0 Å². The first-order chi connectivity index (χ1) is 23.7. The maximum atomic E-state index is 10.4. The van der Waals surface area contributed by atoms with Crippen LogP contribution in [0.15, 0.2) is 176 Å². The lowest BCUT2D eigenvalue weighted by Gasteiger charge is -2.34. The van der Waals surface area contributed by atoms with Gasteiger partial charge in [-0.05, 0) is 56.1 Å². The van der Waals surface area contributed by atoms with E-state index in [1.165, 1.54) is 20.7 Å². The van der Waals surface area contributed by atoms with Crippen LogP contribution in [0.25, 0.3) is 38.6 Å². The summed E-state index contributed by atoms with van der Waals surface area (Å²) in [7, 11) is -2.67. The molecule has 0 fully saturated rings. The standard InChI is InChI=1S/C44H29N3Si/c45-30-34-28-33(29-44(41(34)31-46)47-42-22-12-10-20-39(42)40-21-11-13-23-43(40)47)32-24-26-38(27-25-32)48(35-14-4-1-5-15-35,36-16-6-2-7-17-36)37-18-8-3-9-19-37/h1-29H. The second-order valence-corrected chi connectivity index (χ2v) is 15.7. The van der Waals surface area contributed by atoms with Gasteiger partial charge in [0.25, 0.3) is 0 Å². The van der Waals surface area contributed by atoms with Crippen LogP contribution in [-0.2, 0) is 0 Å². The normalized spacial score (nSPS) is 11.3. The van der Waals surface area contributed by atoms with Crippen LogP contribution in [0.3, 0.4) is 0 Å². The zero-order chi connectivity index (χ0) is 32.5. The van der Waals surface area contributed by atoms with E-state index in [-0.39, 0.29) is 0 Å². The molecule has 0 unspecified atom stereocenters. The van der Waals surface area contributed by atoms with Crippen molar-refractivity contribution in [1.29, 1.82) is 10.5 Å². The van der Waals surface area contributed by atoms with Crippen LogP contribution in [0.5, 0.6) is 0 Å². The summed E-state index contributed by atoms with van der Waals surface area (Å²) in [5.74, 6) is 0. The summed E-state index contributed by atoms with van der Waals surface area (Å²) in [5, 5.41) is 28.1.